The van der Waals surface area contributed by atoms with Crippen LogP contribution in [0.5, 0.6) is 0 Å². The van der Waals surface area contributed by atoms with Crippen molar-refractivity contribution in [2.75, 3.05) is 11.9 Å². The first-order valence-electron chi connectivity index (χ1n) is 12.6. The highest BCUT2D eigenvalue weighted by atomic mass is 16.5. The van der Waals surface area contributed by atoms with Crippen molar-refractivity contribution < 1.29 is 14.3 Å². The molecule has 32 heavy (non-hydrogen) atoms. The Bertz CT molecular complexity index is 883. The van der Waals surface area contributed by atoms with Gasteiger partial charge in [0.15, 0.2) is 0 Å². The molecule has 1 heterocycles. The van der Waals surface area contributed by atoms with E-state index in [-0.39, 0.29) is 35.4 Å². The SMILES string of the molecule is Cc1ccc(NC(=O)CO[C@H]2CCC3C4CC[C@H]5NC(=O)CC[C@]5(C)C4CC[C@@]32C)cc1. The van der Waals surface area contributed by atoms with Gasteiger partial charge in [0.25, 0.3) is 0 Å². The van der Waals surface area contributed by atoms with Gasteiger partial charge in [-0.2, -0.15) is 0 Å². The smallest absolute Gasteiger partial charge is 0.250 e. The fourth-order valence-electron chi connectivity index (χ4n) is 7.94. The van der Waals surface area contributed by atoms with Crippen LogP contribution in [0.4, 0.5) is 5.69 Å². The van der Waals surface area contributed by atoms with Gasteiger partial charge in [0.1, 0.15) is 6.61 Å². The molecular weight excluding hydrogens is 400 g/mol. The monoisotopic (exact) mass is 438 g/mol. The summed E-state index contributed by atoms with van der Waals surface area (Å²) in [6, 6.07) is 8.24. The van der Waals surface area contributed by atoms with Gasteiger partial charge in [-0.25, -0.2) is 0 Å². The van der Waals surface area contributed by atoms with Gasteiger partial charge in [0, 0.05) is 18.2 Å². The summed E-state index contributed by atoms with van der Waals surface area (Å²) in [5, 5.41) is 6.28. The Hall–Kier alpha value is -1.88. The number of anilines is 1. The first kappa shape index (κ1) is 21.9. The maximum absolute atomic E-state index is 12.5. The van der Waals surface area contributed by atoms with Crippen LogP contribution in [0.25, 0.3) is 0 Å². The molecule has 2 N–H and O–H groups in total. The van der Waals surface area contributed by atoms with Crippen molar-refractivity contribution in [3.63, 3.8) is 0 Å². The second-order valence-corrected chi connectivity index (χ2v) is 11.4. The number of piperidine rings is 1. The van der Waals surface area contributed by atoms with Gasteiger partial charge in [-0.3, -0.25) is 9.59 Å². The Morgan fingerprint density at radius 2 is 1.78 bits per heavy atom. The number of ether oxygens (including phenoxy) is 1. The minimum atomic E-state index is -0.0689. The Morgan fingerprint density at radius 3 is 2.56 bits per heavy atom. The minimum Gasteiger partial charge on any atom is -0.368 e. The zero-order valence-corrected chi connectivity index (χ0v) is 19.8. The van der Waals surface area contributed by atoms with Gasteiger partial charge in [-0.15, -0.1) is 0 Å². The summed E-state index contributed by atoms with van der Waals surface area (Å²) in [5.74, 6) is 2.26. The summed E-state index contributed by atoms with van der Waals surface area (Å²) in [6.07, 6.45) is 8.84. The minimum absolute atomic E-state index is 0.0689. The average Bonchev–Trinajstić information content (AvgIpc) is 3.11. The second-order valence-electron chi connectivity index (χ2n) is 11.4. The molecule has 0 spiro atoms. The molecule has 0 bridgehead atoms. The number of hydrogen-bond donors (Lipinski definition) is 2. The third-order valence-corrected chi connectivity index (χ3v) is 9.76. The van der Waals surface area contributed by atoms with E-state index >= 15 is 0 Å². The number of amides is 2. The third kappa shape index (κ3) is 3.67. The number of carbonyl (C=O) groups is 2. The van der Waals surface area contributed by atoms with Crippen molar-refractivity contribution >= 4 is 17.5 Å². The van der Waals surface area contributed by atoms with E-state index in [4.69, 9.17) is 4.74 Å². The van der Waals surface area contributed by atoms with Gasteiger partial charge >= 0.3 is 0 Å². The van der Waals surface area contributed by atoms with E-state index in [0.29, 0.717) is 24.3 Å². The summed E-state index contributed by atoms with van der Waals surface area (Å²) >= 11 is 0. The molecule has 7 atom stereocenters. The zero-order chi connectivity index (χ0) is 22.5. The van der Waals surface area contributed by atoms with Gasteiger partial charge in [-0.05, 0) is 92.6 Å². The molecule has 5 nitrogen and oxygen atoms in total. The van der Waals surface area contributed by atoms with E-state index in [2.05, 4.69) is 24.5 Å². The summed E-state index contributed by atoms with van der Waals surface area (Å²) in [7, 11) is 0. The Morgan fingerprint density at radius 1 is 1.03 bits per heavy atom. The topological polar surface area (TPSA) is 67.4 Å². The number of carbonyl (C=O) groups excluding carboxylic acids is 2. The maximum Gasteiger partial charge on any atom is 0.250 e. The molecule has 1 aromatic carbocycles. The molecule has 1 aliphatic heterocycles. The normalized spacial score (nSPS) is 40.6. The van der Waals surface area contributed by atoms with Gasteiger partial charge in [0.2, 0.25) is 11.8 Å². The van der Waals surface area contributed by atoms with E-state index < -0.39 is 0 Å². The van der Waals surface area contributed by atoms with Crippen LogP contribution in [-0.2, 0) is 14.3 Å². The first-order valence-corrected chi connectivity index (χ1v) is 12.6. The molecule has 174 valence electrons. The molecule has 1 aromatic rings. The van der Waals surface area contributed by atoms with Crippen molar-refractivity contribution in [2.45, 2.75) is 84.3 Å². The van der Waals surface area contributed by atoms with Crippen LogP contribution in [-0.4, -0.2) is 30.6 Å². The third-order valence-electron chi connectivity index (χ3n) is 9.76. The highest BCUT2D eigenvalue weighted by molar-refractivity contribution is 5.91. The van der Waals surface area contributed by atoms with E-state index in [9.17, 15) is 9.59 Å². The lowest BCUT2D eigenvalue weighted by Gasteiger charge is -2.60. The lowest BCUT2D eigenvalue weighted by atomic mass is 9.47. The summed E-state index contributed by atoms with van der Waals surface area (Å²) in [6.45, 7) is 7.02. The highest BCUT2D eigenvalue weighted by Crippen LogP contribution is 2.64. The van der Waals surface area contributed by atoms with Crippen LogP contribution in [0, 0.1) is 35.5 Å². The standard InChI is InChI=1S/C27H38N2O3/c1-17-4-6-18(7-5-17)28-25(31)16-32-23-11-9-20-19-8-10-22-26(2,15-13-24(30)29-22)21(19)12-14-27(20,23)3/h4-7,19-23H,8-16H2,1-3H3,(H,28,31)(H,29,30)/t19?,20?,21?,22-,23+,26-,27+/m1/s1. The van der Waals surface area contributed by atoms with Crippen LogP contribution in [0.15, 0.2) is 24.3 Å². The predicted molar refractivity (Wildman–Crippen MR) is 125 cm³/mol. The zero-order valence-electron chi connectivity index (χ0n) is 19.8. The molecule has 3 saturated carbocycles. The van der Waals surface area contributed by atoms with Crippen LogP contribution < -0.4 is 10.6 Å². The number of aryl methyl sites for hydroxylation is 1. The lowest BCUT2D eigenvalue weighted by molar-refractivity contribution is -0.143. The Kier molecular flexibility index (Phi) is 5.59. The highest BCUT2D eigenvalue weighted by Gasteiger charge is 2.60. The Labute approximate surface area is 192 Å². The lowest BCUT2D eigenvalue weighted by Crippen LogP contribution is -2.61. The second kappa shape index (κ2) is 8.16. The number of fused-ring (bicyclic) bond motifs is 5. The molecular formula is C27H38N2O3. The van der Waals surface area contributed by atoms with E-state index in [1.54, 1.807) is 0 Å². The van der Waals surface area contributed by atoms with Crippen molar-refractivity contribution in [2.24, 2.45) is 28.6 Å². The molecule has 4 aliphatic rings. The molecule has 0 radical (unpaired) electrons. The van der Waals surface area contributed by atoms with Crippen molar-refractivity contribution in [3.05, 3.63) is 29.8 Å². The van der Waals surface area contributed by atoms with Crippen molar-refractivity contribution in [1.82, 2.24) is 5.32 Å². The fourth-order valence-corrected chi connectivity index (χ4v) is 7.94. The number of hydrogen-bond acceptors (Lipinski definition) is 3. The largest absolute Gasteiger partial charge is 0.368 e. The van der Waals surface area contributed by atoms with Crippen LogP contribution >= 0.6 is 0 Å². The Balaban J connectivity index is 1.22. The summed E-state index contributed by atoms with van der Waals surface area (Å²) in [5.41, 5.74) is 2.40. The molecule has 4 fully saturated rings. The molecule has 3 aliphatic carbocycles. The van der Waals surface area contributed by atoms with Gasteiger partial charge < -0.3 is 15.4 Å². The molecule has 5 heteroatoms. The molecule has 1 saturated heterocycles. The molecule has 3 unspecified atom stereocenters. The van der Waals surface area contributed by atoms with Crippen LogP contribution in [0.1, 0.15) is 70.8 Å². The molecule has 0 aromatic heterocycles. The number of rotatable bonds is 4. The quantitative estimate of drug-likeness (QED) is 0.707. The van der Waals surface area contributed by atoms with Gasteiger partial charge in [0.05, 0.1) is 6.10 Å². The first-order chi connectivity index (χ1) is 15.3. The average molecular weight is 439 g/mol. The van der Waals surface area contributed by atoms with Crippen molar-refractivity contribution in [1.29, 1.82) is 0 Å². The van der Waals surface area contributed by atoms with E-state index in [0.717, 1.165) is 30.9 Å². The molecule has 5 rings (SSSR count). The fraction of sp³-hybridized carbons (Fsp3) is 0.704. The summed E-state index contributed by atoms with van der Waals surface area (Å²) in [4.78, 5) is 24.5. The van der Waals surface area contributed by atoms with Crippen molar-refractivity contribution in [3.8, 4) is 0 Å². The van der Waals surface area contributed by atoms with Crippen LogP contribution in [0.3, 0.4) is 0 Å². The van der Waals surface area contributed by atoms with E-state index in [1.165, 1.54) is 31.2 Å². The number of nitrogens with one attached hydrogen (secondary N) is 2. The summed E-state index contributed by atoms with van der Waals surface area (Å²) < 4.78 is 6.29. The van der Waals surface area contributed by atoms with Gasteiger partial charge in [-0.1, -0.05) is 31.5 Å². The van der Waals surface area contributed by atoms with E-state index in [1.807, 2.05) is 31.2 Å². The predicted octanol–water partition coefficient (Wildman–Crippen LogP) is 4.84. The number of benzene rings is 1. The van der Waals surface area contributed by atoms with Crippen LogP contribution in [0.2, 0.25) is 0 Å². The maximum atomic E-state index is 12.5. The molecule has 2 amide bonds.